The Morgan fingerprint density at radius 2 is 1.65 bits per heavy atom. The Morgan fingerprint density at radius 1 is 1.02 bits per heavy atom. The second-order valence-corrected chi connectivity index (χ2v) is 13.2. The largest absolute Gasteiger partial charge is 0.373 e. The van der Waals surface area contributed by atoms with Gasteiger partial charge in [-0.15, -0.1) is 11.3 Å². The van der Waals surface area contributed by atoms with Crippen LogP contribution in [0.3, 0.4) is 0 Å². The van der Waals surface area contributed by atoms with Crippen molar-refractivity contribution in [3.8, 4) is 0 Å². The zero-order valence-corrected chi connectivity index (χ0v) is 24.6. The number of nitrogens with zero attached hydrogens (tertiary/aromatic N) is 3. The van der Waals surface area contributed by atoms with Crippen LogP contribution in [-0.4, -0.2) is 92.2 Å². The van der Waals surface area contributed by atoms with Crippen molar-refractivity contribution in [2.45, 2.75) is 50.8 Å². The van der Waals surface area contributed by atoms with E-state index < -0.39 is 27.9 Å². The van der Waals surface area contributed by atoms with Crippen molar-refractivity contribution < 1.29 is 32.3 Å². The van der Waals surface area contributed by atoms with Crippen LogP contribution in [0.2, 0.25) is 0 Å². The molecule has 1 fully saturated rings. The van der Waals surface area contributed by atoms with Crippen molar-refractivity contribution in [2.24, 2.45) is 0 Å². The molecule has 0 aliphatic carbocycles. The lowest BCUT2D eigenvalue weighted by molar-refractivity contribution is -0.129. The number of morpholine rings is 1. The lowest BCUT2D eigenvalue weighted by Crippen LogP contribution is -2.48. The number of amides is 5. The molecular formula is C26H33N5O7S2. The zero-order chi connectivity index (χ0) is 29.4. The van der Waals surface area contributed by atoms with Gasteiger partial charge in [0.15, 0.2) is 0 Å². The third-order valence-electron chi connectivity index (χ3n) is 6.72. The van der Waals surface area contributed by atoms with E-state index in [-0.39, 0.29) is 52.2 Å². The third-order valence-corrected chi connectivity index (χ3v) is 9.70. The fourth-order valence-electron chi connectivity index (χ4n) is 4.70. The van der Waals surface area contributed by atoms with Crippen molar-refractivity contribution in [2.75, 3.05) is 39.0 Å². The maximum absolute atomic E-state index is 13.2. The highest BCUT2D eigenvalue weighted by atomic mass is 32.2. The van der Waals surface area contributed by atoms with E-state index in [2.05, 4.69) is 10.6 Å². The molecule has 1 aromatic carbocycles. The van der Waals surface area contributed by atoms with Crippen molar-refractivity contribution in [1.29, 1.82) is 0 Å². The number of thiophene rings is 1. The first-order valence-electron chi connectivity index (χ1n) is 12.8. The Kier molecular flexibility index (Phi) is 8.63. The number of hydrogen-bond acceptors (Lipinski definition) is 8. The molecule has 1 aromatic heterocycles. The molecule has 2 aromatic rings. The van der Waals surface area contributed by atoms with Gasteiger partial charge in [-0.05, 0) is 50.1 Å². The molecule has 0 bridgehead atoms. The smallest absolute Gasteiger partial charge is 0.323 e. The fourth-order valence-corrected chi connectivity index (χ4v) is 7.55. The molecule has 12 nitrogen and oxygen atoms in total. The summed E-state index contributed by atoms with van der Waals surface area (Å²) in [6.07, 6.45) is -0.0739. The maximum Gasteiger partial charge on any atom is 0.323 e. The molecule has 0 saturated carbocycles. The van der Waals surface area contributed by atoms with E-state index >= 15 is 0 Å². The quantitative estimate of drug-likeness (QED) is 0.542. The van der Waals surface area contributed by atoms with Crippen molar-refractivity contribution in [3.63, 3.8) is 0 Å². The number of hydrogen-bond donors (Lipinski definition) is 2. The predicted octanol–water partition coefficient (Wildman–Crippen LogP) is 2.11. The van der Waals surface area contributed by atoms with Gasteiger partial charge in [0, 0.05) is 51.1 Å². The molecule has 40 heavy (non-hydrogen) atoms. The molecule has 2 atom stereocenters. The summed E-state index contributed by atoms with van der Waals surface area (Å²) in [4.78, 5) is 54.1. The van der Waals surface area contributed by atoms with E-state index in [1.807, 2.05) is 13.8 Å². The van der Waals surface area contributed by atoms with Crippen molar-refractivity contribution >= 4 is 50.1 Å². The lowest BCUT2D eigenvalue weighted by atomic mass is 10.0. The monoisotopic (exact) mass is 591 g/mol. The number of imide groups is 1. The Labute approximate surface area is 237 Å². The molecule has 216 valence electrons. The minimum atomic E-state index is -3.78. The highest BCUT2D eigenvalue weighted by molar-refractivity contribution is 7.89. The van der Waals surface area contributed by atoms with Crippen LogP contribution in [0.1, 0.15) is 51.9 Å². The Hall–Kier alpha value is -3.33. The lowest BCUT2D eigenvalue weighted by Gasteiger charge is -2.34. The minimum absolute atomic E-state index is 0.0588. The number of benzene rings is 1. The Balaban J connectivity index is 1.58. The first kappa shape index (κ1) is 29.6. The van der Waals surface area contributed by atoms with Gasteiger partial charge in [-0.1, -0.05) is 0 Å². The molecule has 0 spiro atoms. The van der Waals surface area contributed by atoms with E-state index in [4.69, 9.17) is 4.74 Å². The fraction of sp³-hybridized carbons (Fsp3) is 0.462. The number of carbonyl (C=O) groups excluding carboxylic acids is 4. The van der Waals surface area contributed by atoms with Gasteiger partial charge in [0.1, 0.15) is 5.00 Å². The summed E-state index contributed by atoms with van der Waals surface area (Å²) in [6.45, 7) is 6.27. The second-order valence-electron chi connectivity index (χ2n) is 10.1. The molecule has 2 N–H and O–H groups in total. The molecule has 2 aliphatic rings. The molecule has 14 heteroatoms. The summed E-state index contributed by atoms with van der Waals surface area (Å²) in [5.74, 6) is -1.31. The first-order chi connectivity index (χ1) is 18.8. The van der Waals surface area contributed by atoms with E-state index in [1.165, 1.54) is 65.8 Å². The number of sulfonamides is 1. The number of urea groups is 1. The molecule has 1 saturated heterocycles. The number of anilines is 1. The van der Waals surface area contributed by atoms with Crippen LogP contribution in [0.4, 0.5) is 9.80 Å². The van der Waals surface area contributed by atoms with Gasteiger partial charge in [-0.3, -0.25) is 19.7 Å². The summed E-state index contributed by atoms with van der Waals surface area (Å²) < 4.78 is 33.3. The topological polar surface area (TPSA) is 145 Å². The number of rotatable bonds is 5. The van der Waals surface area contributed by atoms with Gasteiger partial charge in [-0.25, -0.2) is 13.2 Å². The van der Waals surface area contributed by atoms with Gasteiger partial charge in [-0.2, -0.15) is 4.31 Å². The average molecular weight is 592 g/mol. The van der Waals surface area contributed by atoms with Crippen molar-refractivity contribution in [1.82, 2.24) is 19.4 Å². The number of fused-ring (bicyclic) bond motifs is 1. The summed E-state index contributed by atoms with van der Waals surface area (Å²) >= 11 is 1.17. The molecule has 3 heterocycles. The van der Waals surface area contributed by atoms with Gasteiger partial charge in [0.2, 0.25) is 15.9 Å². The van der Waals surface area contributed by atoms with E-state index in [0.29, 0.717) is 25.1 Å². The normalized spacial score (nSPS) is 19.5. The number of nitrogens with one attached hydrogen (secondary N) is 2. The third kappa shape index (κ3) is 6.19. The van der Waals surface area contributed by atoms with Crippen LogP contribution in [0.15, 0.2) is 29.2 Å². The highest BCUT2D eigenvalue weighted by Crippen LogP contribution is 2.37. The molecule has 4 rings (SSSR count). The van der Waals surface area contributed by atoms with Gasteiger partial charge < -0.3 is 19.9 Å². The van der Waals surface area contributed by atoms with Gasteiger partial charge >= 0.3 is 6.03 Å². The molecule has 0 radical (unpaired) electrons. The molecular weight excluding hydrogens is 558 g/mol. The van der Waals surface area contributed by atoms with Crippen LogP contribution in [-0.2, 0) is 32.5 Å². The van der Waals surface area contributed by atoms with Crippen molar-refractivity contribution in [3.05, 3.63) is 45.8 Å². The summed E-state index contributed by atoms with van der Waals surface area (Å²) in [6, 6.07) is 4.97. The van der Waals surface area contributed by atoms with Gasteiger partial charge in [0.05, 0.1) is 29.2 Å². The van der Waals surface area contributed by atoms with Crippen LogP contribution < -0.4 is 10.6 Å². The summed E-state index contributed by atoms with van der Waals surface area (Å²) in [5.41, 5.74) is 1.05. The average Bonchev–Trinajstić information content (AvgIpc) is 3.25. The molecule has 2 unspecified atom stereocenters. The molecule has 5 amide bonds. The van der Waals surface area contributed by atoms with Crippen LogP contribution in [0.5, 0.6) is 0 Å². The first-order valence-corrected chi connectivity index (χ1v) is 15.0. The Bertz CT molecular complexity index is 1430. The highest BCUT2D eigenvalue weighted by Gasteiger charge is 2.33. The minimum Gasteiger partial charge on any atom is -0.373 e. The van der Waals surface area contributed by atoms with Crippen LogP contribution in [0, 0.1) is 0 Å². The summed E-state index contributed by atoms with van der Waals surface area (Å²) in [5, 5.41) is 5.33. The van der Waals surface area contributed by atoms with E-state index in [1.54, 1.807) is 4.90 Å². The van der Waals surface area contributed by atoms with Crippen LogP contribution in [0.25, 0.3) is 0 Å². The Morgan fingerprint density at radius 3 is 2.23 bits per heavy atom. The summed E-state index contributed by atoms with van der Waals surface area (Å²) in [7, 11) is -0.771. The maximum atomic E-state index is 13.2. The SMILES string of the molecule is CC(=O)N1CCc2c(sc(NC(=O)c3ccc(S(=O)(=O)N4CC(C)OC(C)C4)cc3)c2C(=O)NC(=O)N(C)C)C1. The standard InChI is InChI=1S/C26H33N5O7S2/c1-15-12-31(13-16(2)38-15)40(36,37)19-8-6-18(7-9-19)23(33)27-25-22(24(34)28-26(35)29(4)5)20-10-11-30(17(3)32)14-21(20)39-25/h6-9,15-16H,10-14H2,1-5H3,(H,27,33)(H,28,34,35). The number of ether oxygens (including phenoxy) is 1. The van der Waals surface area contributed by atoms with Crippen LogP contribution >= 0.6 is 11.3 Å². The molecule has 2 aliphatic heterocycles. The second kappa shape index (κ2) is 11.6. The van der Waals surface area contributed by atoms with E-state index in [9.17, 15) is 27.6 Å². The zero-order valence-electron chi connectivity index (χ0n) is 23.0. The van der Waals surface area contributed by atoms with E-state index in [0.717, 1.165) is 4.88 Å². The van der Waals surface area contributed by atoms with Gasteiger partial charge in [0.25, 0.3) is 11.8 Å². The predicted molar refractivity (Wildman–Crippen MR) is 149 cm³/mol. The number of carbonyl (C=O) groups is 4.